The Labute approximate surface area is 125 Å². The molecule has 1 unspecified atom stereocenters. The molecule has 1 atom stereocenters. The fourth-order valence-electron chi connectivity index (χ4n) is 2.24. The monoisotopic (exact) mass is 302 g/mol. The first-order valence-electron chi connectivity index (χ1n) is 7.42. The van der Waals surface area contributed by atoms with E-state index in [1.807, 2.05) is 0 Å². The number of carbonyl (C=O) groups excluding carboxylic acids is 2. The van der Waals surface area contributed by atoms with Crippen molar-refractivity contribution in [3.63, 3.8) is 0 Å². The predicted molar refractivity (Wildman–Crippen MR) is 81.6 cm³/mol. The van der Waals surface area contributed by atoms with Gasteiger partial charge >= 0.3 is 5.97 Å². The van der Waals surface area contributed by atoms with E-state index in [1.165, 1.54) is 31.0 Å². The molecule has 0 radical (unpaired) electrons. The van der Waals surface area contributed by atoms with E-state index in [0.29, 0.717) is 30.6 Å². The SMILES string of the molecule is CCOC(=O)C(N)CSCCC(=O)NC1CCCCC1. The molecule has 1 amide bonds. The molecule has 0 saturated heterocycles. The van der Waals surface area contributed by atoms with E-state index >= 15 is 0 Å². The summed E-state index contributed by atoms with van der Waals surface area (Å²) in [4.78, 5) is 23.0. The second-order valence-electron chi connectivity index (χ2n) is 5.09. The molecule has 0 aromatic heterocycles. The first-order chi connectivity index (χ1) is 9.63. The summed E-state index contributed by atoms with van der Waals surface area (Å²) < 4.78 is 4.83. The molecule has 0 bridgehead atoms. The zero-order chi connectivity index (χ0) is 14.8. The summed E-state index contributed by atoms with van der Waals surface area (Å²) in [6.45, 7) is 2.11. The van der Waals surface area contributed by atoms with Gasteiger partial charge in [-0.1, -0.05) is 19.3 Å². The number of esters is 1. The third kappa shape index (κ3) is 7.14. The lowest BCUT2D eigenvalue weighted by Gasteiger charge is -2.22. The lowest BCUT2D eigenvalue weighted by atomic mass is 9.95. The van der Waals surface area contributed by atoms with E-state index in [9.17, 15) is 9.59 Å². The lowest BCUT2D eigenvalue weighted by molar-refractivity contribution is -0.144. The van der Waals surface area contributed by atoms with Gasteiger partial charge in [0.25, 0.3) is 0 Å². The van der Waals surface area contributed by atoms with Crippen LogP contribution in [-0.2, 0) is 14.3 Å². The Bertz CT molecular complexity index is 307. The molecule has 116 valence electrons. The number of nitrogens with one attached hydrogen (secondary N) is 1. The molecule has 0 aromatic rings. The van der Waals surface area contributed by atoms with Gasteiger partial charge in [-0.15, -0.1) is 0 Å². The number of hydrogen-bond donors (Lipinski definition) is 2. The molecule has 1 fully saturated rings. The second-order valence-corrected chi connectivity index (χ2v) is 6.24. The number of ether oxygens (including phenoxy) is 1. The number of carbonyl (C=O) groups is 2. The molecule has 0 aliphatic heterocycles. The molecule has 6 heteroatoms. The van der Waals surface area contributed by atoms with Gasteiger partial charge in [-0.2, -0.15) is 11.8 Å². The number of nitrogens with two attached hydrogens (primary N) is 1. The normalized spacial score (nSPS) is 17.5. The second kappa shape index (κ2) is 10.0. The maximum Gasteiger partial charge on any atom is 0.323 e. The van der Waals surface area contributed by atoms with E-state index in [1.54, 1.807) is 6.92 Å². The highest BCUT2D eigenvalue weighted by Gasteiger charge is 2.16. The minimum atomic E-state index is -0.596. The molecule has 0 aromatic carbocycles. The van der Waals surface area contributed by atoms with Crippen LogP contribution in [0.4, 0.5) is 0 Å². The summed E-state index contributed by atoms with van der Waals surface area (Å²) in [7, 11) is 0. The van der Waals surface area contributed by atoms with Crippen LogP contribution in [0.3, 0.4) is 0 Å². The quantitative estimate of drug-likeness (QED) is 0.524. The average molecular weight is 302 g/mol. The maximum absolute atomic E-state index is 11.7. The molecule has 0 heterocycles. The van der Waals surface area contributed by atoms with E-state index in [2.05, 4.69) is 5.32 Å². The van der Waals surface area contributed by atoms with Crippen LogP contribution in [0.5, 0.6) is 0 Å². The van der Waals surface area contributed by atoms with Crippen LogP contribution in [-0.4, -0.2) is 42.1 Å². The first kappa shape index (κ1) is 17.3. The van der Waals surface area contributed by atoms with E-state index in [4.69, 9.17) is 10.5 Å². The summed E-state index contributed by atoms with van der Waals surface area (Å²) in [5.74, 6) is 0.919. The summed E-state index contributed by atoms with van der Waals surface area (Å²) in [5, 5.41) is 3.07. The standard InChI is InChI=1S/C14H26N2O3S/c1-2-19-14(18)12(15)10-20-9-8-13(17)16-11-6-4-3-5-7-11/h11-12H,2-10,15H2,1H3,(H,16,17). The molecular weight excluding hydrogens is 276 g/mol. The van der Waals surface area contributed by atoms with Crippen LogP contribution in [0.25, 0.3) is 0 Å². The van der Waals surface area contributed by atoms with Crippen molar-refractivity contribution in [2.24, 2.45) is 5.73 Å². The van der Waals surface area contributed by atoms with Crippen molar-refractivity contribution in [1.29, 1.82) is 0 Å². The third-order valence-corrected chi connectivity index (χ3v) is 4.42. The highest BCUT2D eigenvalue weighted by atomic mass is 32.2. The molecule has 1 saturated carbocycles. The molecule has 1 aliphatic carbocycles. The van der Waals surface area contributed by atoms with Crippen LogP contribution < -0.4 is 11.1 Å². The number of rotatable bonds is 8. The number of hydrogen-bond acceptors (Lipinski definition) is 5. The third-order valence-electron chi connectivity index (χ3n) is 3.33. The van der Waals surface area contributed by atoms with Crippen molar-refractivity contribution in [3.8, 4) is 0 Å². The minimum Gasteiger partial charge on any atom is -0.465 e. The fourth-order valence-corrected chi connectivity index (χ4v) is 3.13. The number of thioether (sulfide) groups is 1. The fraction of sp³-hybridized carbons (Fsp3) is 0.857. The van der Waals surface area contributed by atoms with Gasteiger partial charge in [-0.3, -0.25) is 9.59 Å². The van der Waals surface area contributed by atoms with Gasteiger partial charge in [0.15, 0.2) is 0 Å². The van der Waals surface area contributed by atoms with Crippen LogP contribution in [0, 0.1) is 0 Å². The Morgan fingerprint density at radius 3 is 2.70 bits per heavy atom. The highest BCUT2D eigenvalue weighted by Crippen LogP contribution is 2.17. The van der Waals surface area contributed by atoms with Crippen LogP contribution in [0.2, 0.25) is 0 Å². The molecular formula is C14H26N2O3S. The van der Waals surface area contributed by atoms with E-state index < -0.39 is 6.04 Å². The smallest absolute Gasteiger partial charge is 0.323 e. The summed E-state index contributed by atoms with van der Waals surface area (Å²) >= 11 is 1.52. The number of amides is 1. The topological polar surface area (TPSA) is 81.4 Å². The Morgan fingerprint density at radius 2 is 2.05 bits per heavy atom. The molecule has 3 N–H and O–H groups in total. The van der Waals surface area contributed by atoms with Gasteiger partial charge in [-0.25, -0.2) is 0 Å². The van der Waals surface area contributed by atoms with Crippen molar-refractivity contribution < 1.29 is 14.3 Å². The molecule has 1 rings (SSSR count). The average Bonchev–Trinajstić information content (AvgIpc) is 2.44. The first-order valence-corrected chi connectivity index (χ1v) is 8.58. The Morgan fingerprint density at radius 1 is 1.35 bits per heavy atom. The molecule has 0 spiro atoms. The van der Waals surface area contributed by atoms with Gasteiger partial charge in [0.05, 0.1) is 6.61 Å². The predicted octanol–water partition coefficient (Wildman–Crippen LogP) is 1.45. The van der Waals surface area contributed by atoms with E-state index in [0.717, 1.165) is 12.8 Å². The van der Waals surface area contributed by atoms with Crippen molar-refractivity contribution in [2.45, 2.75) is 57.5 Å². The Balaban J connectivity index is 2.05. The van der Waals surface area contributed by atoms with E-state index in [-0.39, 0.29) is 11.9 Å². The molecule has 5 nitrogen and oxygen atoms in total. The van der Waals surface area contributed by atoms with Crippen molar-refractivity contribution in [2.75, 3.05) is 18.1 Å². The summed E-state index contributed by atoms with van der Waals surface area (Å²) in [6, 6.07) is -0.232. The zero-order valence-corrected chi connectivity index (χ0v) is 13.0. The molecule has 20 heavy (non-hydrogen) atoms. The molecule has 1 aliphatic rings. The van der Waals surface area contributed by atoms with Crippen molar-refractivity contribution in [3.05, 3.63) is 0 Å². The van der Waals surface area contributed by atoms with Crippen LogP contribution >= 0.6 is 11.8 Å². The Hall–Kier alpha value is -0.750. The van der Waals surface area contributed by atoms with Crippen molar-refractivity contribution >= 4 is 23.6 Å². The lowest BCUT2D eigenvalue weighted by Crippen LogP contribution is -2.36. The van der Waals surface area contributed by atoms with Gasteiger partial charge in [0.1, 0.15) is 6.04 Å². The summed E-state index contributed by atoms with van der Waals surface area (Å²) in [5.41, 5.74) is 5.67. The van der Waals surface area contributed by atoms with Gasteiger partial charge in [0.2, 0.25) is 5.91 Å². The van der Waals surface area contributed by atoms with Crippen LogP contribution in [0.15, 0.2) is 0 Å². The minimum absolute atomic E-state index is 0.106. The van der Waals surface area contributed by atoms with Crippen LogP contribution in [0.1, 0.15) is 45.4 Å². The maximum atomic E-state index is 11.7. The highest BCUT2D eigenvalue weighted by molar-refractivity contribution is 7.99. The zero-order valence-electron chi connectivity index (χ0n) is 12.2. The largest absolute Gasteiger partial charge is 0.465 e. The van der Waals surface area contributed by atoms with Crippen molar-refractivity contribution in [1.82, 2.24) is 5.32 Å². The van der Waals surface area contributed by atoms with Gasteiger partial charge in [0, 0.05) is 24.0 Å². The van der Waals surface area contributed by atoms with Gasteiger partial charge < -0.3 is 15.8 Å². The Kier molecular flexibility index (Phi) is 8.69. The van der Waals surface area contributed by atoms with Gasteiger partial charge in [-0.05, 0) is 19.8 Å². The summed E-state index contributed by atoms with van der Waals surface area (Å²) in [6.07, 6.45) is 6.41.